The lowest BCUT2D eigenvalue weighted by molar-refractivity contribution is -0.148. The second kappa shape index (κ2) is 34.2. The number of rotatable bonds is 15. The van der Waals surface area contributed by atoms with E-state index in [4.69, 9.17) is 17.2 Å². The van der Waals surface area contributed by atoms with Crippen molar-refractivity contribution in [3.05, 3.63) is 65.9 Å². The number of phenolic OH excluding ortho intramolecular Hbond substituents is 1. The lowest BCUT2D eigenvalue weighted by Gasteiger charge is -2.34. The normalized spacial score (nSPS) is 27.5. The minimum atomic E-state index is -1.77. The van der Waals surface area contributed by atoms with Gasteiger partial charge in [0.25, 0.3) is 0 Å². The maximum atomic E-state index is 14.9. The monoisotopic (exact) mass is 1310 g/mol. The molecule has 3 aromatic rings. The van der Waals surface area contributed by atoms with Crippen LogP contribution >= 0.6 is 21.6 Å². The summed E-state index contributed by atoms with van der Waals surface area (Å²) < 4.78 is 0. The van der Waals surface area contributed by atoms with Crippen molar-refractivity contribution in [3.8, 4) is 5.75 Å². The Balaban J connectivity index is 1.20. The average Bonchev–Trinajstić information content (AvgIpc) is 3.31. The first-order valence-electron chi connectivity index (χ1n) is 30.9. The summed E-state index contributed by atoms with van der Waals surface area (Å²) in [7, 11) is 2.00. The molecule has 18 N–H and O–H groups in total. The second-order valence-electron chi connectivity index (χ2n) is 23.4. The number of phenols is 1. The number of aliphatic hydroxyl groups excluding tert-OH is 2. The van der Waals surface area contributed by atoms with Crippen LogP contribution in [0.3, 0.4) is 0 Å². The quantitative estimate of drug-likeness (QED) is 0.0551. The van der Waals surface area contributed by atoms with Crippen molar-refractivity contribution in [2.24, 2.45) is 17.2 Å². The number of amides is 10. The number of aromatic hydroxyl groups is 1. The number of hydrogen-bond acceptors (Lipinski definition) is 19. The van der Waals surface area contributed by atoms with E-state index in [1.807, 2.05) is 0 Å². The summed E-state index contributed by atoms with van der Waals surface area (Å²) in [5, 5.41) is 61.1. The number of aromatic nitrogens is 1. The molecule has 10 amide bonds. The van der Waals surface area contributed by atoms with Crippen LogP contribution in [0.1, 0.15) is 95.1 Å². The fourth-order valence-electron chi connectivity index (χ4n) is 11.8. The fraction of sp³-hybridized carbons (Fsp3) is 0.583. The maximum absolute atomic E-state index is 14.9. The third-order valence-electron chi connectivity index (χ3n) is 16.8. The Kier molecular flexibility index (Phi) is 26.7. The highest BCUT2D eigenvalue weighted by Crippen LogP contribution is 2.29. The van der Waals surface area contributed by atoms with E-state index in [1.54, 1.807) is 30.5 Å². The topological polar surface area (TPSA) is 456 Å². The van der Waals surface area contributed by atoms with Gasteiger partial charge in [-0.15, -0.1) is 0 Å². The molecule has 0 spiro atoms. The molecule has 31 heteroatoms. The van der Waals surface area contributed by atoms with E-state index < -0.39 is 144 Å². The third kappa shape index (κ3) is 19.0. The Morgan fingerprint density at radius 2 is 1.10 bits per heavy atom. The van der Waals surface area contributed by atoms with Gasteiger partial charge in [-0.3, -0.25) is 47.9 Å². The van der Waals surface area contributed by atoms with E-state index in [9.17, 15) is 73.2 Å². The number of nitrogens with two attached hydrogens (primary N) is 3. The number of H-pyrrole nitrogens is 1. The first kappa shape index (κ1) is 70.9. The Morgan fingerprint density at radius 3 is 1.73 bits per heavy atom. The summed E-state index contributed by atoms with van der Waals surface area (Å²) >= 11 is 0. The zero-order valence-corrected chi connectivity index (χ0v) is 52.5. The van der Waals surface area contributed by atoms with Crippen molar-refractivity contribution < 1.29 is 73.2 Å². The molecule has 12 atom stereocenters. The minimum Gasteiger partial charge on any atom is -0.508 e. The number of nitrogens with zero attached hydrogens (tertiary/aromatic N) is 3. The number of carboxylic acids is 1. The Hall–Kier alpha value is -7.55. The Morgan fingerprint density at radius 1 is 0.582 bits per heavy atom. The third-order valence-corrected chi connectivity index (χ3v) is 19.2. The molecule has 4 aliphatic rings. The number of aromatic amines is 1. The van der Waals surface area contributed by atoms with Gasteiger partial charge >= 0.3 is 5.97 Å². The molecule has 498 valence electrons. The smallest absolute Gasteiger partial charge is 0.327 e. The summed E-state index contributed by atoms with van der Waals surface area (Å²) in [5.74, 6) is -9.94. The highest BCUT2D eigenvalue weighted by molar-refractivity contribution is 8.76. The van der Waals surface area contributed by atoms with Gasteiger partial charge < -0.3 is 94.5 Å². The molecule has 0 aliphatic carbocycles. The van der Waals surface area contributed by atoms with Crippen molar-refractivity contribution in [2.75, 3.05) is 50.8 Å². The van der Waals surface area contributed by atoms with Crippen molar-refractivity contribution in [3.63, 3.8) is 0 Å². The summed E-state index contributed by atoms with van der Waals surface area (Å²) in [6, 6.07) is -2.27. The van der Waals surface area contributed by atoms with Crippen LogP contribution in [0.5, 0.6) is 5.75 Å². The number of benzene rings is 2. The lowest BCUT2D eigenvalue weighted by atomic mass is 10.0. The Bertz CT molecular complexity index is 3070. The molecule has 4 fully saturated rings. The first-order valence-corrected chi connectivity index (χ1v) is 33.4. The number of carbonyl (C=O) groups is 11. The van der Waals surface area contributed by atoms with Crippen LogP contribution in [0, 0.1) is 0 Å². The fourth-order valence-corrected chi connectivity index (χ4v) is 14.0. The van der Waals surface area contributed by atoms with E-state index in [-0.39, 0.29) is 101 Å². The van der Waals surface area contributed by atoms with E-state index in [0.717, 1.165) is 21.6 Å². The summed E-state index contributed by atoms with van der Waals surface area (Å²) in [4.78, 5) is 164. The number of unbranched alkanes of at least 4 members (excludes halogenated alkanes) is 2. The second-order valence-corrected chi connectivity index (χ2v) is 25.9. The number of nitrogens with one attached hydrogen (secondary N) is 8. The molecule has 5 heterocycles. The van der Waals surface area contributed by atoms with Crippen LogP contribution in [0.25, 0.3) is 10.9 Å². The van der Waals surface area contributed by atoms with Crippen LogP contribution in [0.4, 0.5) is 0 Å². The van der Waals surface area contributed by atoms with Gasteiger partial charge in [-0.05, 0) is 126 Å². The number of para-hydroxylation sites is 1. The van der Waals surface area contributed by atoms with Crippen LogP contribution in [-0.4, -0.2) is 229 Å². The van der Waals surface area contributed by atoms with Crippen LogP contribution in [0.15, 0.2) is 54.7 Å². The molecule has 91 heavy (non-hydrogen) atoms. The van der Waals surface area contributed by atoms with E-state index in [2.05, 4.69) is 42.2 Å². The zero-order valence-electron chi connectivity index (χ0n) is 50.9. The van der Waals surface area contributed by atoms with Gasteiger partial charge in [0.2, 0.25) is 59.1 Å². The lowest BCUT2D eigenvalue weighted by Crippen LogP contribution is -2.62. The number of fused-ring (bicyclic) bond motifs is 4. The van der Waals surface area contributed by atoms with E-state index in [1.165, 1.54) is 45.9 Å². The van der Waals surface area contributed by atoms with Crippen molar-refractivity contribution in [1.82, 2.24) is 56.9 Å². The molecule has 0 saturated carbocycles. The standard InChI is InChI=1S/C60H86N14O15S2/c1-33(76)49-56(84)65-40(13-4-6-22-61)51(79)69-44(30-75)53(81)68-43(27-34-18-20-36(77)21-19-34)58(86)74-26-10-17-48(74)59(87)73-25-9-16-47(73)54(82)66-41(14-5-7-23-62)57(85)72-24-8-15-46(72)55(83)70-45(60(88)89)32-91-90-31-38(63)50(78)67-42(52(80)71-49)28-35-29-64-39-12-3-2-11-37(35)39/h2-3,11-12,18-21,29,33,38,40-49,64,75-77H,4-10,13-17,22-28,30-32,61-63H2,1H3,(H,65,84)(H,66,82)(H,67,78)(H,68,81)(H,69,79)(H,70,83)(H,71,80)(H,88,89)/t33-,38+,40+,41+,42+,43+,44+,45+,46+,47+,48+,49+/m1/s1. The van der Waals surface area contributed by atoms with Crippen LogP contribution < -0.4 is 54.4 Å². The molecular formula is C60H86N14O15S2. The summed E-state index contributed by atoms with van der Waals surface area (Å²) in [5.41, 5.74) is 19.7. The zero-order chi connectivity index (χ0) is 65.9. The van der Waals surface area contributed by atoms with E-state index in [0.29, 0.717) is 60.6 Å². The molecule has 0 radical (unpaired) electrons. The number of carboxylic acid groups (broad SMARTS) is 1. The van der Waals surface area contributed by atoms with Gasteiger partial charge in [0, 0.05) is 61.1 Å². The van der Waals surface area contributed by atoms with Crippen LogP contribution in [0.2, 0.25) is 0 Å². The van der Waals surface area contributed by atoms with Crippen LogP contribution in [-0.2, 0) is 65.6 Å². The molecule has 2 aromatic carbocycles. The molecule has 7 rings (SSSR count). The number of hydrogen-bond donors (Lipinski definition) is 15. The first-order chi connectivity index (χ1) is 43.6. The average molecular weight is 1310 g/mol. The molecule has 1 aromatic heterocycles. The predicted octanol–water partition coefficient (Wildman–Crippen LogP) is -2.54. The summed E-state index contributed by atoms with van der Waals surface area (Å²) in [6.45, 7) is 0.964. The Labute approximate surface area is 534 Å². The molecule has 0 bridgehead atoms. The molecular weight excluding hydrogens is 1220 g/mol. The van der Waals surface area contributed by atoms with Gasteiger partial charge in [0.15, 0.2) is 0 Å². The van der Waals surface area contributed by atoms with Crippen molar-refractivity contribution >= 4 is 97.5 Å². The number of aliphatic carboxylic acids is 1. The van der Waals surface area contributed by atoms with Crippen molar-refractivity contribution in [1.29, 1.82) is 0 Å². The van der Waals surface area contributed by atoms with Gasteiger partial charge in [-0.2, -0.15) is 0 Å². The largest absolute Gasteiger partial charge is 0.508 e. The highest BCUT2D eigenvalue weighted by atomic mass is 33.1. The maximum Gasteiger partial charge on any atom is 0.327 e. The molecule has 29 nitrogen and oxygen atoms in total. The number of carbonyl (C=O) groups excluding carboxylic acids is 10. The minimum absolute atomic E-state index is 0.0565. The molecule has 4 saturated heterocycles. The van der Waals surface area contributed by atoms with Gasteiger partial charge in [0.05, 0.1) is 18.8 Å². The predicted molar refractivity (Wildman–Crippen MR) is 337 cm³/mol. The SMILES string of the molecule is C[C@@H](O)[C@@H]1NC(=O)[C@H](Cc2c[nH]c3ccccc23)NC(=O)[C@@H](N)CSSC[C@@H](C(=O)O)NC(=O)[C@@H]2CCCN2C(=O)[C@H](CCCCN)NC(=O)[C@@H]2CCCN2C(=O)[C@@H]2CCCN2C(=O)[C@H](Cc2ccc(O)cc2)NC(=O)[C@H](CO)NC(=O)[C@H](CCCCN)NC1=O. The van der Waals surface area contributed by atoms with Gasteiger partial charge in [0.1, 0.15) is 66.2 Å². The van der Waals surface area contributed by atoms with Gasteiger partial charge in [-0.25, -0.2) is 4.79 Å². The molecule has 0 unspecified atom stereocenters. The molecule has 4 aliphatic heterocycles. The van der Waals surface area contributed by atoms with Crippen molar-refractivity contribution in [2.45, 2.75) is 169 Å². The van der Waals surface area contributed by atoms with E-state index >= 15 is 0 Å². The van der Waals surface area contributed by atoms with Gasteiger partial charge in [-0.1, -0.05) is 51.9 Å². The number of aliphatic hydroxyl groups is 2. The summed E-state index contributed by atoms with van der Waals surface area (Å²) in [6.07, 6.45) is 2.87. The highest BCUT2D eigenvalue weighted by Gasteiger charge is 2.46.